The number of anilines is 1. The van der Waals surface area contributed by atoms with Crippen LogP contribution in [0.15, 0.2) is 18.2 Å². The maximum atomic E-state index is 6.14. The van der Waals surface area contributed by atoms with Gasteiger partial charge in [-0.2, -0.15) is 0 Å². The van der Waals surface area contributed by atoms with Crippen molar-refractivity contribution in [2.24, 2.45) is 5.73 Å². The highest BCUT2D eigenvalue weighted by molar-refractivity contribution is 7.80. The predicted octanol–water partition coefficient (Wildman–Crippen LogP) is 2.87. The molecule has 2 rings (SSSR count). The summed E-state index contributed by atoms with van der Waals surface area (Å²) in [5.74, 6) is 0. The summed E-state index contributed by atoms with van der Waals surface area (Å²) in [7, 11) is 2.19. The van der Waals surface area contributed by atoms with Gasteiger partial charge in [0.05, 0.1) is 5.02 Å². The molecular formula is C14H20ClN3S. The number of rotatable bonds is 6. The monoisotopic (exact) mass is 297 g/mol. The Hall–Kier alpha value is -0.840. The average molecular weight is 298 g/mol. The van der Waals surface area contributed by atoms with E-state index in [9.17, 15) is 0 Å². The second-order valence-corrected chi connectivity index (χ2v) is 6.03. The van der Waals surface area contributed by atoms with Gasteiger partial charge in [-0.1, -0.05) is 23.8 Å². The van der Waals surface area contributed by atoms with E-state index in [0.717, 1.165) is 23.8 Å². The molecular weight excluding hydrogens is 278 g/mol. The second kappa shape index (κ2) is 6.07. The molecule has 3 nitrogen and oxygen atoms in total. The van der Waals surface area contributed by atoms with Crippen molar-refractivity contribution >= 4 is 34.5 Å². The van der Waals surface area contributed by atoms with Gasteiger partial charge in [0, 0.05) is 29.9 Å². The summed E-state index contributed by atoms with van der Waals surface area (Å²) in [6.45, 7) is 3.13. The fraction of sp³-hybridized carbons (Fsp3) is 0.500. The van der Waals surface area contributed by atoms with Gasteiger partial charge >= 0.3 is 0 Å². The molecule has 19 heavy (non-hydrogen) atoms. The van der Waals surface area contributed by atoms with Gasteiger partial charge in [0.1, 0.15) is 4.99 Å². The number of halogens is 1. The molecule has 104 valence electrons. The van der Waals surface area contributed by atoms with Gasteiger partial charge in [0.15, 0.2) is 0 Å². The Morgan fingerprint density at radius 3 is 2.79 bits per heavy atom. The third-order valence-corrected chi connectivity index (χ3v) is 4.19. The van der Waals surface area contributed by atoms with Gasteiger partial charge in [-0.3, -0.25) is 4.90 Å². The summed E-state index contributed by atoms with van der Waals surface area (Å²) in [5, 5.41) is 4.00. The SMILES string of the molecule is CC(CNc1ccc(C(N)=S)c(Cl)c1)N(C)C1CC1. The van der Waals surface area contributed by atoms with Gasteiger partial charge in [0.2, 0.25) is 0 Å². The highest BCUT2D eigenvalue weighted by Gasteiger charge is 2.28. The Morgan fingerprint density at radius 2 is 2.26 bits per heavy atom. The maximum absolute atomic E-state index is 6.14. The standard InChI is InChI=1S/C14H20ClN3S/c1-9(18(2)11-4-5-11)8-17-10-3-6-12(14(16)19)13(15)7-10/h3,6-7,9,11,17H,4-5,8H2,1-2H3,(H2,16,19). The van der Waals surface area contributed by atoms with Crippen molar-refractivity contribution in [2.75, 3.05) is 18.9 Å². The Morgan fingerprint density at radius 1 is 1.58 bits per heavy atom. The van der Waals surface area contributed by atoms with Gasteiger partial charge in [-0.25, -0.2) is 0 Å². The number of benzene rings is 1. The molecule has 3 N–H and O–H groups in total. The van der Waals surface area contributed by atoms with Gasteiger partial charge in [-0.05, 0) is 45.0 Å². The van der Waals surface area contributed by atoms with Crippen molar-refractivity contribution in [3.63, 3.8) is 0 Å². The van der Waals surface area contributed by atoms with E-state index in [-0.39, 0.29) is 0 Å². The van der Waals surface area contributed by atoms with E-state index < -0.39 is 0 Å². The number of nitrogens with zero attached hydrogens (tertiary/aromatic N) is 1. The Labute approximate surface area is 125 Å². The average Bonchev–Trinajstić information content (AvgIpc) is 3.18. The highest BCUT2D eigenvalue weighted by Crippen LogP contribution is 2.27. The minimum absolute atomic E-state index is 0.332. The number of nitrogens with one attached hydrogen (secondary N) is 1. The van der Waals surface area contributed by atoms with E-state index in [4.69, 9.17) is 29.6 Å². The zero-order valence-corrected chi connectivity index (χ0v) is 12.9. The predicted molar refractivity (Wildman–Crippen MR) is 86.1 cm³/mol. The van der Waals surface area contributed by atoms with Crippen LogP contribution in [0.25, 0.3) is 0 Å². The van der Waals surface area contributed by atoms with Crippen LogP contribution in [0.1, 0.15) is 25.3 Å². The smallest absolute Gasteiger partial charge is 0.105 e. The van der Waals surface area contributed by atoms with Crippen molar-refractivity contribution in [1.29, 1.82) is 0 Å². The van der Waals surface area contributed by atoms with Crippen LogP contribution >= 0.6 is 23.8 Å². The lowest BCUT2D eigenvalue weighted by Gasteiger charge is -2.25. The van der Waals surface area contributed by atoms with E-state index in [1.54, 1.807) is 0 Å². The summed E-state index contributed by atoms with van der Waals surface area (Å²) >= 11 is 11.1. The molecule has 5 heteroatoms. The Kier molecular flexibility index (Phi) is 4.66. The molecule has 1 aromatic carbocycles. The third kappa shape index (κ3) is 3.81. The van der Waals surface area contributed by atoms with Crippen LogP contribution in [-0.4, -0.2) is 35.6 Å². The topological polar surface area (TPSA) is 41.3 Å². The molecule has 0 spiro atoms. The van der Waals surface area contributed by atoms with E-state index in [1.807, 2.05) is 18.2 Å². The van der Waals surface area contributed by atoms with Crippen LogP contribution in [0.4, 0.5) is 5.69 Å². The van der Waals surface area contributed by atoms with Gasteiger partial charge in [-0.15, -0.1) is 0 Å². The Bertz CT molecular complexity index is 474. The second-order valence-electron chi connectivity index (χ2n) is 5.19. The largest absolute Gasteiger partial charge is 0.389 e. The lowest BCUT2D eigenvalue weighted by Crippen LogP contribution is -2.36. The molecule has 0 bridgehead atoms. The molecule has 1 unspecified atom stereocenters. The molecule has 0 saturated heterocycles. The van der Waals surface area contributed by atoms with Crippen LogP contribution in [0.3, 0.4) is 0 Å². The number of nitrogens with two attached hydrogens (primary N) is 1. The maximum Gasteiger partial charge on any atom is 0.105 e. The van der Waals surface area contributed by atoms with Crippen LogP contribution in [0.5, 0.6) is 0 Å². The summed E-state index contributed by atoms with van der Waals surface area (Å²) < 4.78 is 0. The molecule has 0 heterocycles. The first-order valence-electron chi connectivity index (χ1n) is 6.54. The highest BCUT2D eigenvalue weighted by atomic mass is 35.5. The molecule has 0 radical (unpaired) electrons. The molecule has 0 amide bonds. The molecule has 1 aliphatic rings. The molecule has 1 atom stereocenters. The lowest BCUT2D eigenvalue weighted by atomic mass is 10.2. The summed E-state index contributed by atoms with van der Waals surface area (Å²) in [5.41, 5.74) is 7.31. The van der Waals surface area contributed by atoms with Crippen molar-refractivity contribution in [3.8, 4) is 0 Å². The minimum Gasteiger partial charge on any atom is -0.389 e. The van der Waals surface area contributed by atoms with Crippen LogP contribution < -0.4 is 11.1 Å². The van der Waals surface area contributed by atoms with Crippen molar-refractivity contribution < 1.29 is 0 Å². The fourth-order valence-electron chi connectivity index (χ4n) is 2.08. The van der Waals surface area contributed by atoms with Gasteiger partial charge < -0.3 is 11.1 Å². The van der Waals surface area contributed by atoms with E-state index in [1.165, 1.54) is 12.8 Å². The van der Waals surface area contributed by atoms with E-state index in [0.29, 0.717) is 16.1 Å². The van der Waals surface area contributed by atoms with Crippen molar-refractivity contribution in [3.05, 3.63) is 28.8 Å². The summed E-state index contributed by atoms with van der Waals surface area (Å²) in [6.07, 6.45) is 2.66. The molecule has 1 aromatic rings. The van der Waals surface area contributed by atoms with Crippen LogP contribution in [-0.2, 0) is 0 Å². The lowest BCUT2D eigenvalue weighted by molar-refractivity contribution is 0.257. The molecule has 1 aliphatic carbocycles. The normalized spacial score (nSPS) is 16.4. The first-order chi connectivity index (χ1) is 8.99. The number of thiocarbonyl (C=S) groups is 1. The summed E-state index contributed by atoms with van der Waals surface area (Å²) in [4.78, 5) is 2.76. The third-order valence-electron chi connectivity index (χ3n) is 3.65. The number of likely N-dealkylation sites (N-methyl/N-ethyl adjacent to an activating group) is 1. The minimum atomic E-state index is 0.332. The van der Waals surface area contributed by atoms with Gasteiger partial charge in [0.25, 0.3) is 0 Å². The number of hydrogen-bond acceptors (Lipinski definition) is 3. The molecule has 0 aromatic heterocycles. The van der Waals surface area contributed by atoms with E-state index in [2.05, 4.69) is 24.2 Å². The zero-order chi connectivity index (χ0) is 14.0. The first kappa shape index (κ1) is 14.6. The fourth-order valence-corrected chi connectivity index (χ4v) is 2.59. The van der Waals surface area contributed by atoms with Crippen molar-refractivity contribution in [1.82, 2.24) is 4.90 Å². The summed E-state index contributed by atoms with van der Waals surface area (Å²) in [6, 6.07) is 6.98. The number of hydrogen-bond donors (Lipinski definition) is 2. The first-order valence-corrected chi connectivity index (χ1v) is 7.33. The zero-order valence-electron chi connectivity index (χ0n) is 11.3. The Balaban J connectivity index is 1.92. The van der Waals surface area contributed by atoms with Crippen LogP contribution in [0, 0.1) is 0 Å². The molecule has 1 fully saturated rings. The van der Waals surface area contributed by atoms with Crippen molar-refractivity contribution in [2.45, 2.75) is 31.8 Å². The quantitative estimate of drug-likeness (QED) is 0.792. The van der Waals surface area contributed by atoms with E-state index >= 15 is 0 Å². The molecule has 1 saturated carbocycles. The molecule has 0 aliphatic heterocycles. The van der Waals surface area contributed by atoms with Crippen LogP contribution in [0.2, 0.25) is 5.02 Å².